The number of ketones is 1. The molecule has 0 unspecified atom stereocenters. The summed E-state index contributed by atoms with van der Waals surface area (Å²) in [5, 5.41) is 2.96. The first kappa shape index (κ1) is 12.0. The largest absolute Gasteiger partial charge is 0.294 e. The van der Waals surface area contributed by atoms with Crippen molar-refractivity contribution >= 4 is 17.1 Å². The molecular formula is C14H15NOS. The predicted octanol–water partition coefficient (Wildman–Crippen LogP) is 3.44. The van der Waals surface area contributed by atoms with Gasteiger partial charge in [-0.25, -0.2) is 4.98 Å². The third kappa shape index (κ3) is 3.01. The summed E-state index contributed by atoms with van der Waals surface area (Å²) in [4.78, 5) is 16.3. The fraction of sp³-hybridized carbons (Fsp3) is 0.286. The van der Waals surface area contributed by atoms with Crippen LogP contribution in [-0.4, -0.2) is 10.8 Å². The summed E-state index contributed by atoms with van der Waals surface area (Å²) in [6, 6.07) is 7.83. The van der Waals surface area contributed by atoms with Gasteiger partial charge in [-0.3, -0.25) is 4.79 Å². The van der Waals surface area contributed by atoms with E-state index >= 15 is 0 Å². The van der Waals surface area contributed by atoms with E-state index in [-0.39, 0.29) is 5.78 Å². The van der Waals surface area contributed by atoms with E-state index in [0.717, 1.165) is 22.7 Å². The van der Waals surface area contributed by atoms with Gasteiger partial charge in [0.2, 0.25) is 0 Å². The first-order valence-corrected chi connectivity index (χ1v) is 6.60. The van der Waals surface area contributed by atoms with Gasteiger partial charge >= 0.3 is 0 Å². The molecule has 17 heavy (non-hydrogen) atoms. The van der Waals surface area contributed by atoms with Crippen LogP contribution in [0.15, 0.2) is 29.6 Å². The topological polar surface area (TPSA) is 30.0 Å². The molecule has 2 aromatic rings. The van der Waals surface area contributed by atoms with Crippen molar-refractivity contribution in [1.29, 1.82) is 0 Å². The minimum absolute atomic E-state index is 0.137. The van der Waals surface area contributed by atoms with E-state index in [2.05, 4.69) is 11.9 Å². The van der Waals surface area contributed by atoms with Gasteiger partial charge in [0.15, 0.2) is 5.78 Å². The van der Waals surface area contributed by atoms with Gasteiger partial charge in [0.05, 0.1) is 17.1 Å². The molecule has 0 bridgehead atoms. The molecule has 0 atom stereocenters. The first-order chi connectivity index (χ1) is 8.19. The number of benzene rings is 1. The van der Waals surface area contributed by atoms with Gasteiger partial charge in [0.25, 0.3) is 0 Å². The van der Waals surface area contributed by atoms with Crippen LogP contribution in [0.5, 0.6) is 0 Å². The minimum atomic E-state index is 0.137. The molecule has 0 spiro atoms. The van der Waals surface area contributed by atoms with E-state index in [0.29, 0.717) is 6.42 Å². The Morgan fingerprint density at radius 2 is 2.00 bits per heavy atom. The number of aromatic nitrogens is 1. The predicted molar refractivity (Wildman–Crippen MR) is 70.7 cm³/mol. The van der Waals surface area contributed by atoms with E-state index in [9.17, 15) is 4.79 Å². The Kier molecular flexibility index (Phi) is 3.69. The molecular weight excluding hydrogens is 230 g/mol. The van der Waals surface area contributed by atoms with Crippen LogP contribution in [0.3, 0.4) is 0 Å². The van der Waals surface area contributed by atoms with Crippen molar-refractivity contribution in [3.05, 3.63) is 51.5 Å². The van der Waals surface area contributed by atoms with Gasteiger partial charge in [0.1, 0.15) is 0 Å². The smallest absolute Gasteiger partial charge is 0.168 e. The number of Topliss-reactive ketones (excluding diaryl/α,β-unsaturated/α-hetero) is 1. The Hall–Kier alpha value is -1.48. The van der Waals surface area contributed by atoms with Gasteiger partial charge in [-0.05, 0) is 18.9 Å². The second kappa shape index (κ2) is 5.23. The molecule has 0 fully saturated rings. The van der Waals surface area contributed by atoms with E-state index in [1.807, 2.05) is 36.6 Å². The van der Waals surface area contributed by atoms with Crippen LogP contribution in [0, 0.1) is 6.92 Å². The summed E-state index contributed by atoms with van der Waals surface area (Å²) in [5.74, 6) is 0.137. The zero-order valence-corrected chi connectivity index (χ0v) is 10.9. The van der Waals surface area contributed by atoms with E-state index in [1.165, 1.54) is 5.56 Å². The normalized spacial score (nSPS) is 10.5. The highest BCUT2D eigenvalue weighted by molar-refractivity contribution is 7.09. The number of aryl methyl sites for hydroxylation is 2. The lowest BCUT2D eigenvalue weighted by Gasteiger charge is -2.00. The van der Waals surface area contributed by atoms with Crippen molar-refractivity contribution in [2.24, 2.45) is 0 Å². The quantitative estimate of drug-likeness (QED) is 0.772. The van der Waals surface area contributed by atoms with Gasteiger partial charge in [-0.2, -0.15) is 0 Å². The molecule has 88 valence electrons. The molecule has 3 heteroatoms. The average Bonchev–Trinajstić information content (AvgIpc) is 2.75. The lowest BCUT2D eigenvalue weighted by molar-refractivity contribution is 0.0992. The SMILES string of the molecule is CCc1ccc(C(=O)Cc2csc(C)n2)cc1. The van der Waals surface area contributed by atoms with E-state index in [4.69, 9.17) is 0 Å². The van der Waals surface area contributed by atoms with Crippen LogP contribution in [0.25, 0.3) is 0 Å². The molecule has 2 rings (SSSR count). The summed E-state index contributed by atoms with van der Waals surface area (Å²) in [6.07, 6.45) is 1.40. The number of rotatable bonds is 4. The third-order valence-electron chi connectivity index (χ3n) is 2.69. The van der Waals surface area contributed by atoms with Crippen LogP contribution >= 0.6 is 11.3 Å². The zero-order chi connectivity index (χ0) is 12.3. The molecule has 1 aromatic heterocycles. The van der Waals surface area contributed by atoms with Crippen LogP contribution < -0.4 is 0 Å². The average molecular weight is 245 g/mol. The second-order valence-corrected chi connectivity index (χ2v) is 5.07. The summed E-state index contributed by atoms with van der Waals surface area (Å²) in [6.45, 7) is 4.06. The number of thiazole rings is 1. The van der Waals surface area contributed by atoms with Crippen molar-refractivity contribution in [2.45, 2.75) is 26.7 Å². The second-order valence-electron chi connectivity index (χ2n) is 4.01. The lowest BCUT2D eigenvalue weighted by atomic mass is 10.0. The maximum Gasteiger partial charge on any atom is 0.168 e. The van der Waals surface area contributed by atoms with Crippen LogP contribution in [0.2, 0.25) is 0 Å². The highest BCUT2D eigenvalue weighted by Gasteiger charge is 2.08. The van der Waals surface area contributed by atoms with Crippen LogP contribution in [0.1, 0.15) is 33.5 Å². The number of carbonyl (C=O) groups excluding carboxylic acids is 1. The van der Waals surface area contributed by atoms with Crippen molar-refractivity contribution < 1.29 is 4.79 Å². The Morgan fingerprint density at radius 3 is 2.53 bits per heavy atom. The van der Waals surface area contributed by atoms with Crippen molar-refractivity contribution in [1.82, 2.24) is 4.98 Å². The molecule has 0 aliphatic carbocycles. The van der Waals surface area contributed by atoms with Gasteiger partial charge in [-0.15, -0.1) is 11.3 Å². The standard InChI is InChI=1S/C14H15NOS/c1-3-11-4-6-12(7-5-11)14(16)8-13-9-17-10(2)15-13/h4-7,9H,3,8H2,1-2H3. The fourth-order valence-electron chi connectivity index (χ4n) is 1.68. The molecule has 0 aliphatic heterocycles. The molecule has 0 aliphatic rings. The van der Waals surface area contributed by atoms with E-state index in [1.54, 1.807) is 11.3 Å². The molecule has 0 radical (unpaired) electrons. The number of carbonyl (C=O) groups is 1. The number of nitrogens with zero attached hydrogens (tertiary/aromatic N) is 1. The highest BCUT2D eigenvalue weighted by atomic mass is 32.1. The minimum Gasteiger partial charge on any atom is -0.294 e. The van der Waals surface area contributed by atoms with Crippen LogP contribution in [-0.2, 0) is 12.8 Å². The Morgan fingerprint density at radius 1 is 1.29 bits per heavy atom. The molecule has 0 N–H and O–H groups in total. The van der Waals surface area contributed by atoms with Gasteiger partial charge in [0, 0.05) is 10.9 Å². The molecule has 0 saturated heterocycles. The first-order valence-electron chi connectivity index (χ1n) is 5.72. The Labute approximate surface area is 105 Å². The van der Waals surface area contributed by atoms with Crippen molar-refractivity contribution in [3.8, 4) is 0 Å². The molecule has 0 saturated carbocycles. The summed E-state index contributed by atoms with van der Waals surface area (Å²) < 4.78 is 0. The maximum atomic E-state index is 12.0. The van der Waals surface area contributed by atoms with E-state index < -0.39 is 0 Å². The van der Waals surface area contributed by atoms with Gasteiger partial charge < -0.3 is 0 Å². The Bertz CT molecular complexity index is 513. The van der Waals surface area contributed by atoms with Crippen molar-refractivity contribution in [3.63, 3.8) is 0 Å². The molecule has 1 heterocycles. The summed E-state index contributed by atoms with van der Waals surface area (Å²) >= 11 is 1.58. The Balaban J connectivity index is 2.09. The molecule has 1 aromatic carbocycles. The van der Waals surface area contributed by atoms with Crippen molar-refractivity contribution in [2.75, 3.05) is 0 Å². The number of hydrogen-bond donors (Lipinski definition) is 0. The fourth-order valence-corrected chi connectivity index (χ4v) is 2.29. The third-order valence-corrected chi connectivity index (χ3v) is 3.51. The summed E-state index contributed by atoms with van der Waals surface area (Å²) in [5.41, 5.74) is 2.90. The lowest BCUT2D eigenvalue weighted by Crippen LogP contribution is -2.03. The maximum absolute atomic E-state index is 12.0. The highest BCUT2D eigenvalue weighted by Crippen LogP contribution is 2.12. The van der Waals surface area contributed by atoms with Gasteiger partial charge in [-0.1, -0.05) is 31.2 Å². The zero-order valence-electron chi connectivity index (χ0n) is 10.1. The monoisotopic (exact) mass is 245 g/mol. The number of hydrogen-bond acceptors (Lipinski definition) is 3. The summed E-state index contributed by atoms with van der Waals surface area (Å²) in [7, 11) is 0. The van der Waals surface area contributed by atoms with Crippen LogP contribution in [0.4, 0.5) is 0 Å². The molecule has 2 nitrogen and oxygen atoms in total. The molecule has 0 amide bonds.